The minimum Gasteiger partial charge on any atom is -0.496 e. The zero-order chi connectivity index (χ0) is 12.6. The minimum atomic E-state index is -0.228. The molecule has 2 rings (SSSR count). The van der Waals surface area contributed by atoms with Crippen molar-refractivity contribution in [1.82, 2.24) is 5.32 Å². The van der Waals surface area contributed by atoms with Gasteiger partial charge in [0.15, 0.2) is 0 Å². The smallest absolute Gasteiger partial charge is 0.138 e. The summed E-state index contributed by atoms with van der Waals surface area (Å²) in [6.45, 7) is 4.93. The standard InChI is InChI=1S/C13H17BrFNO/c1-8-7-9(15)11(14)10(12(8)17-3)13(2)5-4-6-16-13/h7,16H,4-6H2,1-3H3. The summed E-state index contributed by atoms with van der Waals surface area (Å²) in [5.74, 6) is 0.545. The molecule has 1 aromatic carbocycles. The van der Waals surface area contributed by atoms with E-state index in [0.717, 1.165) is 36.3 Å². The summed E-state index contributed by atoms with van der Waals surface area (Å²) in [6.07, 6.45) is 2.09. The van der Waals surface area contributed by atoms with E-state index in [9.17, 15) is 4.39 Å². The third kappa shape index (κ3) is 2.08. The lowest BCUT2D eigenvalue weighted by molar-refractivity contribution is 0.364. The first-order chi connectivity index (χ1) is 7.99. The van der Waals surface area contributed by atoms with Gasteiger partial charge in [0.05, 0.1) is 11.6 Å². The summed E-state index contributed by atoms with van der Waals surface area (Å²) < 4.78 is 19.8. The van der Waals surface area contributed by atoms with Gasteiger partial charge in [-0.1, -0.05) is 0 Å². The third-order valence-corrected chi connectivity index (χ3v) is 4.26. The van der Waals surface area contributed by atoms with Gasteiger partial charge in [0, 0.05) is 11.1 Å². The number of methoxy groups -OCH3 is 1. The quantitative estimate of drug-likeness (QED) is 0.903. The minimum absolute atomic E-state index is 0.211. The van der Waals surface area contributed by atoms with Gasteiger partial charge in [0.25, 0.3) is 0 Å². The fraction of sp³-hybridized carbons (Fsp3) is 0.538. The van der Waals surface area contributed by atoms with Gasteiger partial charge in [-0.05, 0) is 60.8 Å². The van der Waals surface area contributed by atoms with E-state index in [1.807, 2.05) is 6.92 Å². The Morgan fingerprint density at radius 1 is 1.53 bits per heavy atom. The maximum Gasteiger partial charge on any atom is 0.138 e. The van der Waals surface area contributed by atoms with Crippen molar-refractivity contribution in [1.29, 1.82) is 0 Å². The summed E-state index contributed by atoms with van der Waals surface area (Å²) in [4.78, 5) is 0. The van der Waals surface area contributed by atoms with E-state index in [1.54, 1.807) is 7.11 Å². The second-order valence-electron chi connectivity index (χ2n) is 4.76. The Labute approximate surface area is 110 Å². The molecule has 1 N–H and O–H groups in total. The Hall–Kier alpha value is -0.610. The lowest BCUT2D eigenvalue weighted by Gasteiger charge is -2.29. The molecule has 17 heavy (non-hydrogen) atoms. The Morgan fingerprint density at radius 2 is 2.24 bits per heavy atom. The highest BCUT2D eigenvalue weighted by molar-refractivity contribution is 9.10. The maximum absolute atomic E-state index is 13.8. The van der Waals surface area contributed by atoms with Gasteiger partial charge >= 0.3 is 0 Å². The first kappa shape index (κ1) is 12.8. The molecule has 4 heteroatoms. The van der Waals surface area contributed by atoms with Crippen LogP contribution in [0.15, 0.2) is 10.5 Å². The molecule has 1 fully saturated rings. The van der Waals surface area contributed by atoms with Crippen LogP contribution in [0.2, 0.25) is 0 Å². The normalized spacial score (nSPS) is 24.1. The van der Waals surface area contributed by atoms with Gasteiger partial charge in [-0.15, -0.1) is 0 Å². The van der Waals surface area contributed by atoms with Crippen LogP contribution in [0.4, 0.5) is 4.39 Å². The zero-order valence-corrected chi connectivity index (χ0v) is 11.9. The van der Waals surface area contributed by atoms with Crippen molar-refractivity contribution < 1.29 is 9.13 Å². The molecule has 1 aromatic rings. The molecule has 2 nitrogen and oxygen atoms in total. The van der Waals surface area contributed by atoms with Crippen molar-refractivity contribution in [2.24, 2.45) is 0 Å². The average molecular weight is 302 g/mol. The van der Waals surface area contributed by atoms with E-state index in [-0.39, 0.29) is 11.4 Å². The fourth-order valence-corrected chi connectivity index (χ4v) is 3.33. The number of halogens is 2. The van der Waals surface area contributed by atoms with Crippen LogP contribution in [-0.4, -0.2) is 13.7 Å². The van der Waals surface area contributed by atoms with Crippen LogP contribution in [0, 0.1) is 12.7 Å². The molecule has 0 aliphatic carbocycles. The summed E-state index contributed by atoms with van der Waals surface area (Å²) in [5.41, 5.74) is 1.52. The van der Waals surface area contributed by atoms with Crippen molar-refractivity contribution in [2.75, 3.05) is 13.7 Å². The molecule has 1 unspecified atom stereocenters. The highest BCUT2D eigenvalue weighted by Crippen LogP contribution is 2.43. The van der Waals surface area contributed by atoms with Gasteiger partial charge in [0.1, 0.15) is 11.6 Å². The van der Waals surface area contributed by atoms with Crippen LogP contribution in [0.25, 0.3) is 0 Å². The molecule has 0 saturated carbocycles. The number of aryl methyl sites for hydroxylation is 1. The van der Waals surface area contributed by atoms with Gasteiger partial charge in [-0.3, -0.25) is 0 Å². The molecule has 94 valence electrons. The highest BCUT2D eigenvalue weighted by Gasteiger charge is 2.36. The molecule has 1 saturated heterocycles. The number of benzene rings is 1. The number of ether oxygens (including phenoxy) is 1. The van der Waals surface area contributed by atoms with Gasteiger partial charge < -0.3 is 10.1 Å². The lowest BCUT2D eigenvalue weighted by atomic mass is 9.88. The monoisotopic (exact) mass is 301 g/mol. The average Bonchev–Trinajstić information content (AvgIpc) is 2.71. The van der Waals surface area contributed by atoms with Crippen LogP contribution in [0.5, 0.6) is 5.75 Å². The van der Waals surface area contributed by atoms with Crippen molar-refractivity contribution in [3.05, 3.63) is 27.5 Å². The SMILES string of the molecule is COc1c(C)cc(F)c(Br)c1C1(C)CCCN1. The summed E-state index contributed by atoms with van der Waals surface area (Å²) >= 11 is 3.36. The third-order valence-electron chi connectivity index (χ3n) is 3.48. The zero-order valence-electron chi connectivity index (χ0n) is 10.4. The first-order valence-corrected chi connectivity index (χ1v) is 6.57. The van der Waals surface area contributed by atoms with E-state index in [1.165, 1.54) is 6.07 Å². The Morgan fingerprint density at radius 3 is 2.76 bits per heavy atom. The molecule has 1 aliphatic rings. The number of hydrogen-bond donors (Lipinski definition) is 1. The summed E-state index contributed by atoms with van der Waals surface area (Å²) in [6, 6.07) is 1.50. The van der Waals surface area contributed by atoms with Crippen molar-refractivity contribution in [3.63, 3.8) is 0 Å². The molecule has 1 atom stereocenters. The molecule has 0 spiro atoms. The number of nitrogens with one attached hydrogen (secondary N) is 1. The molecule has 0 aromatic heterocycles. The molecule has 0 bridgehead atoms. The largest absolute Gasteiger partial charge is 0.496 e. The predicted molar refractivity (Wildman–Crippen MR) is 70.0 cm³/mol. The van der Waals surface area contributed by atoms with E-state index in [0.29, 0.717) is 4.47 Å². The molecule has 1 aliphatic heterocycles. The lowest BCUT2D eigenvalue weighted by Crippen LogP contribution is -2.34. The molecular formula is C13H17BrFNO. The van der Waals surface area contributed by atoms with E-state index in [4.69, 9.17) is 4.74 Å². The number of hydrogen-bond acceptors (Lipinski definition) is 2. The fourth-order valence-electron chi connectivity index (χ4n) is 2.60. The Kier molecular flexibility index (Phi) is 3.46. The van der Waals surface area contributed by atoms with Crippen molar-refractivity contribution in [3.8, 4) is 5.75 Å². The Bertz CT molecular complexity index is 442. The van der Waals surface area contributed by atoms with Gasteiger partial charge in [-0.25, -0.2) is 4.39 Å². The van der Waals surface area contributed by atoms with Crippen molar-refractivity contribution >= 4 is 15.9 Å². The van der Waals surface area contributed by atoms with E-state index >= 15 is 0 Å². The van der Waals surface area contributed by atoms with Crippen LogP contribution in [0.3, 0.4) is 0 Å². The van der Waals surface area contributed by atoms with Crippen LogP contribution in [0.1, 0.15) is 30.9 Å². The second kappa shape index (κ2) is 4.58. The maximum atomic E-state index is 13.8. The van der Waals surface area contributed by atoms with Gasteiger partial charge in [0.2, 0.25) is 0 Å². The molecule has 1 heterocycles. The molecule has 0 amide bonds. The Balaban J connectivity index is 2.65. The van der Waals surface area contributed by atoms with Gasteiger partial charge in [-0.2, -0.15) is 0 Å². The summed E-state index contributed by atoms with van der Waals surface area (Å²) in [7, 11) is 1.63. The van der Waals surface area contributed by atoms with Crippen LogP contribution < -0.4 is 10.1 Å². The van der Waals surface area contributed by atoms with E-state index < -0.39 is 0 Å². The second-order valence-corrected chi connectivity index (χ2v) is 5.55. The van der Waals surface area contributed by atoms with E-state index in [2.05, 4.69) is 28.2 Å². The van der Waals surface area contributed by atoms with Crippen molar-refractivity contribution in [2.45, 2.75) is 32.2 Å². The molecule has 0 radical (unpaired) electrons. The summed E-state index contributed by atoms with van der Waals surface area (Å²) in [5, 5.41) is 3.44. The first-order valence-electron chi connectivity index (χ1n) is 5.77. The van der Waals surface area contributed by atoms with Crippen LogP contribution >= 0.6 is 15.9 Å². The highest BCUT2D eigenvalue weighted by atomic mass is 79.9. The molecular weight excluding hydrogens is 285 g/mol. The number of rotatable bonds is 2. The predicted octanol–water partition coefficient (Wildman–Crippen LogP) is 3.50. The topological polar surface area (TPSA) is 21.3 Å². The van der Waals surface area contributed by atoms with Crippen LogP contribution in [-0.2, 0) is 5.54 Å².